The second-order valence-corrected chi connectivity index (χ2v) is 5.15. The van der Waals surface area contributed by atoms with E-state index < -0.39 is 0 Å². The van der Waals surface area contributed by atoms with Crippen LogP contribution in [0.15, 0.2) is 35.5 Å². The molecule has 0 unspecified atom stereocenters. The van der Waals surface area contributed by atoms with Gasteiger partial charge in [-0.2, -0.15) is 5.10 Å². The van der Waals surface area contributed by atoms with E-state index in [9.17, 15) is 0 Å². The predicted octanol–water partition coefficient (Wildman–Crippen LogP) is 2.31. The fraction of sp³-hybridized carbons (Fsp3) is 0.412. The third-order valence-corrected chi connectivity index (χ3v) is 3.60. The van der Waals surface area contributed by atoms with Crippen molar-refractivity contribution in [2.24, 2.45) is 12.0 Å². The van der Waals surface area contributed by atoms with Gasteiger partial charge in [0.05, 0.1) is 33.0 Å². The molecule has 138 valence electrons. The number of guanidine groups is 1. The molecule has 1 heterocycles. The lowest BCUT2D eigenvalue weighted by Crippen LogP contribution is -2.37. The van der Waals surface area contributed by atoms with Crippen LogP contribution in [0.4, 0.5) is 0 Å². The molecule has 0 saturated carbocycles. The number of para-hydroxylation sites is 1. The Morgan fingerprint density at radius 3 is 2.60 bits per heavy atom. The Morgan fingerprint density at radius 1 is 1.20 bits per heavy atom. The number of benzene rings is 1. The Kier molecular flexibility index (Phi) is 9.11. The molecule has 8 heteroatoms. The Morgan fingerprint density at radius 2 is 2.00 bits per heavy atom. The molecule has 0 amide bonds. The van der Waals surface area contributed by atoms with Gasteiger partial charge >= 0.3 is 0 Å². The average Bonchev–Trinajstić information content (AvgIpc) is 3.01. The number of ether oxygens (including phenoxy) is 2. The molecule has 7 nitrogen and oxygen atoms in total. The summed E-state index contributed by atoms with van der Waals surface area (Å²) in [6.45, 7) is 3.96. The Labute approximate surface area is 165 Å². The van der Waals surface area contributed by atoms with Crippen LogP contribution in [0.3, 0.4) is 0 Å². The standard InChI is InChI=1S/C17H25N5O2.HI/c1-5-18-17(20-12-14-9-10-21-22(14)2)19-11-13-7-6-8-15(23-3)16(13)24-4;/h6-10H,5,11-12H2,1-4H3,(H2,18,19,20);1H. The van der Waals surface area contributed by atoms with Crippen molar-refractivity contribution in [1.29, 1.82) is 0 Å². The number of nitrogens with one attached hydrogen (secondary N) is 2. The van der Waals surface area contributed by atoms with Crippen LogP contribution < -0.4 is 20.1 Å². The van der Waals surface area contributed by atoms with Crippen molar-refractivity contribution in [3.63, 3.8) is 0 Å². The lowest BCUT2D eigenvalue weighted by molar-refractivity contribution is 0.352. The molecule has 0 aliphatic carbocycles. The summed E-state index contributed by atoms with van der Waals surface area (Å²) < 4.78 is 12.6. The van der Waals surface area contributed by atoms with Crippen molar-refractivity contribution in [1.82, 2.24) is 20.4 Å². The molecule has 1 aromatic carbocycles. The van der Waals surface area contributed by atoms with Crippen molar-refractivity contribution in [3.05, 3.63) is 41.7 Å². The smallest absolute Gasteiger partial charge is 0.191 e. The summed E-state index contributed by atoms with van der Waals surface area (Å²) in [4.78, 5) is 4.63. The van der Waals surface area contributed by atoms with Crippen molar-refractivity contribution >= 4 is 29.9 Å². The average molecular weight is 459 g/mol. The molecule has 1 aromatic heterocycles. The number of hydrogen-bond donors (Lipinski definition) is 2. The van der Waals surface area contributed by atoms with Crippen LogP contribution in [-0.2, 0) is 20.1 Å². The van der Waals surface area contributed by atoms with Crippen LogP contribution in [-0.4, -0.2) is 36.5 Å². The van der Waals surface area contributed by atoms with Crippen LogP contribution in [0.1, 0.15) is 18.2 Å². The van der Waals surface area contributed by atoms with Crippen molar-refractivity contribution in [3.8, 4) is 11.5 Å². The monoisotopic (exact) mass is 459 g/mol. The van der Waals surface area contributed by atoms with Gasteiger partial charge in [0.1, 0.15) is 0 Å². The molecular formula is C17H26IN5O2. The van der Waals surface area contributed by atoms with E-state index in [-0.39, 0.29) is 24.0 Å². The third kappa shape index (κ3) is 5.80. The van der Waals surface area contributed by atoms with Crippen molar-refractivity contribution in [2.45, 2.75) is 20.0 Å². The maximum absolute atomic E-state index is 5.45. The quantitative estimate of drug-likeness (QED) is 0.378. The fourth-order valence-electron chi connectivity index (χ4n) is 2.33. The van der Waals surface area contributed by atoms with Crippen LogP contribution in [0.2, 0.25) is 0 Å². The predicted molar refractivity (Wildman–Crippen MR) is 110 cm³/mol. The van der Waals surface area contributed by atoms with Gasteiger partial charge in [-0.05, 0) is 19.1 Å². The molecule has 25 heavy (non-hydrogen) atoms. The Balaban J connectivity index is 0.00000312. The molecule has 0 bridgehead atoms. The van der Waals surface area contributed by atoms with Gasteiger partial charge in [0, 0.05) is 25.4 Å². The first kappa shape index (κ1) is 21.1. The lowest BCUT2D eigenvalue weighted by atomic mass is 10.2. The molecule has 2 rings (SSSR count). The van der Waals surface area contributed by atoms with E-state index in [2.05, 4.69) is 20.7 Å². The molecule has 2 aromatic rings. The number of aryl methyl sites for hydroxylation is 1. The summed E-state index contributed by atoms with van der Waals surface area (Å²) in [5.74, 6) is 2.16. The maximum atomic E-state index is 5.45. The fourth-order valence-corrected chi connectivity index (χ4v) is 2.33. The Bertz CT molecular complexity index is 687. The van der Waals surface area contributed by atoms with Crippen LogP contribution in [0, 0.1) is 0 Å². The molecule has 2 N–H and O–H groups in total. The molecular weight excluding hydrogens is 433 g/mol. The van der Waals surface area contributed by atoms with E-state index in [4.69, 9.17) is 9.47 Å². The summed E-state index contributed by atoms with van der Waals surface area (Å²) in [5, 5.41) is 10.7. The third-order valence-electron chi connectivity index (χ3n) is 3.60. The van der Waals surface area contributed by atoms with Crippen LogP contribution in [0.25, 0.3) is 0 Å². The highest BCUT2D eigenvalue weighted by atomic mass is 127. The van der Waals surface area contributed by atoms with Gasteiger partial charge < -0.3 is 20.1 Å². The molecule has 0 radical (unpaired) electrons. The van der Waals surface area contributed by atoms with Gasteiger partial charge in [0.2, 0.25) is 0 Å². The number of hydrogen-bond acceptors (Lipinski definition) is 4. The highest BCUT2D eigenvalue weighted by molar-refractivity contribution is 14.0. The van der Waals surface area contributed by atoms with E-state index in [0.717, 1.165) is 23.8 Å². The summed E-state index contributed by atoms with van der Waals surface area (Å²) >= 11 is 0. The summed E-state index contributed by atoms with van der Waals surface area (Å²) in [7, 11) is 5.18. The number of rotatable bonds is 7. The Hall–Kier alpha value is -1.97. The van der Waals surface area contributed by atoms with Gasteiger partial charge in [-0.15, -0.1) is 24.0 Å². The summed E-state index contributed by atoms with van der Waals surface area (Å²) in [6.07, 6.45) is 1.78. The van der Waals surface area contributed by atoms with E-state index >= 15 is 0 Å². The highest BCUT2D eigenvalue weighted by Crippen LogP contribution is 2.30. The first-order valence-electron chi connectivity index (χ1n) is 7.88. The molecule has 0 aliphatic rings. The van der Waals surface area contributed by atoms with Gasteiger partial charge in [-0.1, -0.05) is 12.1 Å². The molecule has 0 spiro atoms. The summed E-state index contributed by atoms with van der Waals surface area (Å²) in [5.41, 5.74) is 2.05. The first-order valence-corrected chi connectivity index (χ1v) is 7.88. The van der Waals surface area contributed by atoms with Gasteiger partial charge in [0.15, 0.2) is 17.5 Å². The number of aliphatic imine (C=N–C) groups is 1. The van der Waals surface area contributed by atoms with Crippen LogP contribution in [0.5, 0.6) is 11.5 Å². The zero-order chi connectivity index (χ0) is 17.4. The largest absolute Gasteiger partial charge is 0.493 e. The van der Waals surface area contributed by atoms with Crippen molar-refractivity contribution < 1.29 is 9.47 Å². The van der Waals surface area contributed by atoms with E-state index in [1.807, 2.05) is 42.9 Å². The minimum absolute atomic E-state index is 0. The van der Waals surface area contributed by atoms with Gasteiger partial charge in [0.25, 0.3) is 0 Å². The van der Waals surface area contributed by atoms with Gasteiger partial charge in [-0.25, -0.2) is 4.99 Å². The first-order chi connectivity index (χ1) is 11.7. The second-order valence-electron chi connectivity index (χ2n) is 5.15. The second kappa shape index (κ2) is 10.8. The lowest BCUT2D eigenvalue weighted by Gasteiger charge is -2.13. The SMILES string of the molecule is CCNC(=NCc1cccc(OC)c1OC)NCc1ccnn1C.I. The number of methoxy groups -OCH3 is 2. The van der Waals surface area contributed by atoms with Gasteiger partial charge in [-0.3, -0.25) is 4.68 Å². The zero-order valence-corrected chi connectivity index (χ0v) is 17.4. The molecule has 0 saturated heterocycles. The van der Waals surface area contributed by atoms with E-state index in [0.29, 0.717) is 24.6 Å². The minimum Gasteiger partial charge on any atom is -0.493 e. The number of nitrogens with zero attached hydrogens (tertiary/aromatic N) is 3. The number of aromatic nitrogens is 2. The molecule has 0 aliphatic heterocycles. The molecule has 0 fully saturated rings. The van der Waals surface area contributed by atoms with Crippen molar-refractivity contribution in [2.75, 3.05) is 20.8 Å². The number of halogens is 1. The van der Waals surface area contributed by atoms with E-state index in [1.54, 1.807) is 20.4 Å². The van der Waals surface area contributed by atoms with Crippen LogP contribution >= 0.6 is 24.0 Å². The maximum Gasteiger partial charge on any atom is 0.191 e. The molecule has 0 atom stereocenters. The zero-order valence-electron chi connectivity index (χ0n) is 15.1. The minimum atomic E-state index is 0. The topological polar surface area (TPSA) is 72.7 Å². The van der Waals surface area contributed by atoms with E-state index in [1.165, 1.54) is 0 Å². The normalized spacial score (nSPS) is 10.8. The highest BCUT2D eigenvalue weighted by Gasteiger charge is 2.09. The summed E-state index contributed by atoms with van der Waals surface area (Å²) in [6, 6.07) is 7.76.